The van der Waals surface area contributed by atoms with Crippen LogP contribution in [0.25, 0.3) is 0 Å². The van der Waals surface area contributed by atoms with Crippen LogP contribution in [-0.4, -0.2) is 17.7 Å². The Bertz CT molecular complexity index is 608. The molecule has 2 aromatic rings. The van der Waals surface area contributed by atoms with Crippen LogP contribution < -0.4 is 10.1 Å². The first-order chi connectivity index (χ1) is 10.1. The summed E-state index contributed by atoms with van der Waals surface area (Å²) in [4.78, 5) is 11.6. The molecule has 110 valence electrons. The molecule has 2 N–H and O–H groups in total. The Hall–Kier alpha value is -2.49. The van der Waals surface area contributed by atoms with Crippen molar-refractivity contribution in [1.29, 1.82) is 0 Å². The van der Waals surface area contributed by atoms with E-state index in [1.54, 1.807) is 12.1 Å². The Morgan fingerprint density at radius 2 is 1.86 bits per heavy atom. The summed E-state index contributed by atoms with van der Waals surface area (Å²) in [6.45, 7) is 4.36. The predicted octanol–water partition coefficient (Wildman–Crippen LogP) is 3.63. The van der Waals surface area contributed by atoms with Gasteiger partial charge in [-0.3, -0.25) is 0 Å². The monoisotopic (exact) mass is 285 g/mol. The molecular weight excluding hydrogens is 266 g/mol. The first-order valence-corrected chi connectivity index (χ1v) is 6.89. The van der Waals surface area contributed by atoms with E-state index in [9.17, 15) is 9.90 Å². The molecule has 0 bridgehead atoms. The molecule has 0 saturated heterocycles. The van der Waals surface area contributed by atoms with Gasteiger partial charge in [0, 0.05) is 11.3 Å². The average Bonchev–Trinajstić information content (AvgIpc) is 2.47. The zero-order valence-corrected chi connectivity index (χ0v) is 12.2. The largest absolute Gasteiger partial charge is 0.493 e. The van der Waals surface area contributed by atoms with E-state index in [2.05, 4.69) is 5.32 Å². The zero-order chi connectivity index (χ0) is 15.2. The summed E-state index contributed by atoms with van der Waals surface area (Å²) in [6, 6.07) is 14.0. The third kappa shape index (κ3) is 3.75. The maximum absolute atomic E-state index is 11.6. The van der Waals surface area contributed by atoms with Gasteiger partial charge in [0.1, 0.15) is 5.75 Å². The second kappa shape index (κ2) is 6.79. The number of nitrogens with one attached hydrogen (secondary N) is 1. The SMILES string of the molecule is CCOc1ccccc1C(Nc1ccc(C)cc1)C(=O)O. The van der Waals surface area contributed by atoms with Crippen molar-refractivity contribution in [3.8, 4) is 5.75 Å². The fourth-order valence-corrected chi connectivity index (χ4v) is 2.09. The number of benzene rings is 2. The minimum Gasteiger partial charge on any atom is -0.493 e. The molecule has 0 radical (unpaired) electrons. The smallest absolute Gasteiger partial charge is 0.330 e. The van der Waals surface area contributed by atoms with Crippen LogP contribution in [0.4, 0.5) is 5.69 Å². The van der Waals surface area contributed by atoms with Crippen LogP contribution in [0.3, 0.4) is 0 Å². The summed E-state index contributed by atoms with van der Waals surface area (Å²) in [7, 11) is 0. The van der Waals surface area contributed by atoms with Gasteiger partial charge in [0.2, 0.25) is 0 Å². The maximum atomic E-state index is 11.6. The van der Waals surface area contributed by atoms with Crippen LogP contribution >= 0.6 is 0 Å². The molecule has 21 heavy (non-hydrogen) atoms. The average molecular weight is 285 g/mol. The number of para-hydroxylation sites is 1. The molecule has 1 unspecified atom stereocenters. The number of hydrogen-bond acceptors (Lipinski definition) is 3. The molecule has 0 aliphatic carbocycles. The Morgan fingerprint density at radius 3 is 2.48 bits per heavy atom. The lowest BCUT2D eigenvalue weighted by molar-refractivity contribution is -0.138. The number of carbonyl (C=O) groups is 1. The first-order valence-electron chi connectivity index (χ1n) is 6.89. The van der Waals surface area contributed by atoms with Crippen molar-refractivity contribution < 1.29 is 14.6 Å². The fourth-order valence-electron chi connectivity index (χ4n) is 2.09. The minimum atomic E-state index is -0.942. The molecule has 0 fully saturated rings. The molecule has 4 heteroatoms. The van der Waals surface area contributed by atoms with Gasteiger partial charge in [0.15, 0.2) is 6.04 Å². The van der Waals surface area contributed by atoms with Gasteiger partial charge in [-0.25, -0.2) is 4.79 Å². The van der Waals surface area contributed by atoms with Crippen LogP contribution in [0.1, 0.15) is 24.1 Å². The molecule has 0 aromatic heterocycles. The number of anilines is 1. The summed E-state index contributed by atoms with van der Waals surface area (Å²) in [5.41, 5.74) is 2.51. The van der Waals surface area contributed by atoms with Gasteiger partial charge in [-0.1, -0.05) is 35.9 Å². The van der Waals surface area contributed by atoms with E-state index in [0.29, 0.717) is 17.9 Å². The standard InChI is InChI=1S/C17H19NO3/c1-3-21-15-7-5-4-6-14(15)16(17(19)20)18-13-10-8-12(2)9-11-13/h4-11,16,18H,3H2,1-2H3,(H,19,20). The quantitative estimate of drug-likeness (QED) is 0.851. The third-order valence-corrected chi connectivity index (χ3v) is 3.14. The van der Waals surface area contributed by atoms with Crippen LogP contribution in [0, 0.1) is 6.92 Å². The molecule has 2 aromatic carbocycles. The Balaban J connectivity index is 2.31. The van der Waals surface area contributed by atoms with Crippen LogP contribution in [0.2, 0.25) is 0 Å². The van der Waals surface area contributed by atoms with Gasteiger partial charge in [-0.2, -0.15) is 0 Å². The lowest BCUT2D eigenvalue weighted by Crippen LogP contribution is -2.21. The minimum absolute atomic E-state index is 0.494. The van der Waals surface area contributed by atoms with Crippen molar-refractivity contribution in [3.63, 3.8) is 0 Å². The van der Waals surface area contributed by atoms with Crippen molar-refractivity contribution in [2.24, 2.45) is 0 Å². The van der Waals surface area contributed by atoms with Crippen molar-refractivity contribution in [2.75, 3.05) is 11.9 Å². The molecule has 4 nitrogen and oxygen atoms in total. The van der Waals surface area contributed by atoms with E-state index in [1.165, 1.54) is 0 Å². The highest BCUT2D eigenvalue weighted by Crippen LogP contribution is 2.28. The molecule has 0 spiro atoms. The Labute approximate surface area is 124 Å². The number of ether oxygens (including phenoxy) is 1. The van der Waals surface area contributed by atoms with Crippen molar-refractivity contribution in [1.82, 2.24) is 0 Å². The summed E-state index contributed by atoms with van der Waals surface area (Å²) in [5.74, 6) is -0.352. The number of carboxylic acids is 1. The molecule has 0 saturated carbocycles. The second-order valence-electron chi connectivity index (χ2n) is 4.75. The van der Waals surface area contributed by atoms with E-state index < -0.39 is 12.0 Å². The van der Waals surface area contributed by atoms with Crippen LogP contribution in [0.15, 0.2) is 48.5 Å². The molecule has 1 atom stereocenters. The van der Waals surface area contributed by atoms with E-state index in [0.717, 1.165) is 11.3 Å². The highest BCUT2D eigenvalue weighted by Gasteiger charge is 2.23. The third-order valence-electron chi connectivity index (χ3n) is 3.14. The fraction of sp³-hybridized carbons (Fsp3) is 0.235. The maximum Gasteiger partial charge on any atom is 0.330 e. The molecule has 0 heterocycles. The van der Waals surface area contributed by atoms with E-state index >= 15 is 0 Å². The Morgan fingerprint density at radius 1 is 1.19 bits per heavy atom. The van der Waals surface area contributed by atoms with E-state index in [-0.39, 0.29) is 0 Å². The van der Waals surface area contributed by atoms with Crippen molar-refractivity contribution in [3.05, 3.63) is 59.7 Å². The number of carboxylic acid groups (broad SMARTS) is 1. The molecular formula is C17H19NO3. The van der Waals surface area contributed by atoms with E-state index in [1.807, 2.05) is 50.2 Å². The lowest BCUT2D eigenvalue weighted by Gasteiger charge is -2.19. The summed E-state index contributed by atoms with van der Waals surface area (Å²) < 4.78 is 5.52. The summed E-state index contributed by atoms with van der Waals surface area (Å²) in [6.07, 6.45) is 0. The lowest BCUT2D eigenvalue weighted by atomic mass is 10.1. The topological polar surface area (TPSA) is 58.6 Å². The number of rotatable bonds is 6. The number of aliphatic carboxylic acids is 1. The highest BCUT2D eigenvalue weighted by molar-refractivity contribution is 5.80. The van der Waals surface area contributed by atoms with Crippen molar-refractivity contribution >= 4 is 11.7 Å². The van der Waals surface area contributed by atoms with Crippen LogP contribution in [-0.2, 0) is 4.79 Å². The molecule has 0 amide bonds. The first kappa shape index (κ1) is 14.9. The van der Waals surface area contributed by atoms with Gasteiger partial charge < -0.3 is 15.2 Å². The van der Waals surface area contributed by atoms with Gasteiger partial charge in [-0.05, 0) is 32.0 Å². The van der Waals surface area contributed by atoms with E-state index in [4.69, 9.17) is 4.74 Å². The van der Waals surface area contributed by atoms with Crippen molar-refractivity contribution in [2.45, 2.75) is 19.9 Å². The van der Waals surface area contributed by atoms with Gasteiger partial charge >= 0.3 is 5.97 Å². The predicted molar refractivity (Wildman–Crippen MR) is 82.8 cm³/mol. The van der Waals surface area contributed by atoms with Crippen LogP contribution in [0.5, 0.6) is 5.75 Å². The van der Waals surface area contributed by atoms with Gasteiger partial charge in [0.25, 0.3) is 0 Å². The normalized spacial score (nSPS) is 11.7. The molecule has 0 aliphatic heterocycles. The second-order valence-corrected chi connectivity index (χ2v) is 4.75. The molecule has 2 rings (SSSR count). The van der Waals surface area contributed by atoms with Gasteiger partial charge in [0.05, 0.1) is 6.61 Å². The molecule has 0 aliphatic rings. The van der Waals surface area contributed by atoms with Gasteiger partial charge in [-0.15, -0.1) is 0 Å². The summed E-state index contributed by atoms with van der Waals surface area (Å²) in [5, 5.41) is 12.6. The number of aryl methyl sites for hydroxylation is 1. The zero-order valence-electron chi connectivity index (χ0n) is 12.2. The number of hydrogen-bond donors (Lipinski definition) is 2. The Kier molecular flexibility index (Phi) is 4.82. The highest BCUT2D eigenvalue weighted by atomic mass is 16.5. The summed E-state index contributed by atoms with van der Waals surface area (Å²) >= 11 is 0.